The summed E-state index contributed by atoms with van der Waals surface area (Å²) in [6.45, 7) is 5.63. The molecular formula is C21H23ClN4O2. The van der Waals surface area contributed by atoms with E-state index in [-0.39, 0.29) is 5.91 Å². The van der Waals surface area contributed by atoms with E-state index in [1.54, 1.807) is 11.0 Å². The van der Waals surface area contributed by atoms with Gasteiger partial charge in [0, 0.05) is 30.7 Å². The zero-order valence-electron chi connectivity index (χ0n) is 16.1. The van der Waals surface area contributed by atoms with E-state index in [1.165, 1.54) is 12.8 Å². The fraction of sp³-hybridized carbons (Fsp3) is 0.381. The van der Waals surface area contributed by atoms with Crippen LogP contribution in [0.3, 0.4) is 0 Å². The monoisotopic (exact) mass is 398 g/mol. The number of hydrogen-bond acceptors (Lipinski definition) is 5. The number of benzene rings is 1. The Hall–Kier alpha value is -2.44. The van der Waals surface area contributed by atoms with Crippen molar-refractivity contribution in [1.82, 2.24) is 19.9 Å². The second-order valence-corrected chi connectivity index (χ2v) is 7.73. The summed E-state index contributed by atoms with van der Waals surface area (Å²) >= 11 is 6.13. The van der Waals surface area contributed by atoms with Crippen molar-refractivity contribution in [2.45, 2.75) is 19.8 Å². The van der Waals surface area contributed by atoms with Crippen molar-refractivity contribution in [3.8, 4) is 11.3 Å². The number of pyridine rings is 1. The first-order valence-electron chi connectivity index (χ1n) is 9.54. The van der Waals surface area contributed by atoms with Crippen LogP contribution >= 0.6 is 11.6 Å². The average molecular weight is 399 g/mol. The van der Waals surface area contributed by atoms with Gasteiger partial charge in [-0.05, 0) is 51.1 Å². The molecule has 1 amide bonds. The zero-order chi connectivity index (χ0) is 19.7. The van der Waals surface area contributed by atoms with Crippen molar-refractivity contribution in [1.29, 1.82) is 0 Å². The lowest BCUT2D eigenvalue weighted by Crippen LogP contribution is -2.35. The predicted octanol–water partition coefficient (Wildman–Crippen LogP) is 4.02. The van der Waals surface area contributed by atoms with Gasteiger partial charge in [-0.1, -0.05) is 28.9 Å². The maximum atomic E-state index is 13.2. The molecule has 3 heterocycles. The fourth-order valence-electron chi connectivity index (χ4n) is 3.66. The number of halogens is 1. The van der Waals surface area contributed by atoms with Crippen LogP contribution in [0.5, 0.6) is 0 Å². The highest BCUT2D eigenvalue weighted by Gasteiger charge is 2.22. The topological polar surface area (TPSA) is 62.5 Å². The summed E-state index contributed by atoms with van der Waals surface area (Å²) in [5.41, 5.74) is 3.06. The molecule has 7 heteroatoms. The molecule has 1 saturated heterocycles. The van der Waals surface area contributed by atoms with E-state index in [9.17, 15) is 4.79 Å². The van der Waals surface area contributed by atoms with Crippen LogP contribution in [0.15, 0.2) is 34.9 Å². The van der Waals surface area contributed by atoms with Crippen LogP contribution in [-0.4, -0.2) is 59.1 Å². The molecule has 0 bridgehead atoms. The number of nitrogens with zero attached hydrogens (tertiary/aromatic N) is 4. The van der Waals surface area contributed by atoms with Crippen LogP contribution in [0.25, 0.3) is 22.4 Å². The van der Waals surface area contributed by atoms with Crippen molar-refractivity contribution in [3.63, 3.8) is 0 Å². The van der Waals surface area contributed by atoms with E-state index in [2.05, 4.69) is 15.0 Å². The number of likely N-dealkylation sites (N-methyl/N-ethyl adjacent to an activating group) is 1. The lowest BCUT2D eigenvalue weighted by atomic mass is 10.0. The van der Waals surface area contributed by atoms with Crippen molar-refractivity contribution in [2.24, 2.45) is 0 Å². The smallest absolute Gasteiger partial charge is 0.259 e. The molecule has 0 unspecified atom stereocenters. The maximum absolute atomic E-state index is 13.2. The molecule has 0 saturated carbocycles. The third kappa shape index (κ3) is 3.75. The fourth-order valence-corrected chi connectivity index (χ4v) is 3.85. The van der Waals surface area contributed by atoms with Gasteiger partial charge in [0.25, 0.3) is 11.6 Å². The van der Waals surface area contributed by atoms with Crippen LogP contribution in [0.1, 0.15) is 28.9 Å². The normalized spacial score (nSPS) is 14.7. The molecule has 0 aliphatic carbocycles. The van der Waals surface area contributed by atoms with Gasteiger partial charge in [-0.15, -0.1) is 0 Å². The van der Waals surface area contributed by atoms with Crippen LogP contribution < -0.4 is 0 Å². The number of likely N-dealkylation sites (tertiary alicyclic amines) is 1. The van der Waals surface area contributed by atoms with Gasteiger partial charge in [-0.3, -0.25) is 4.79 Å². The van der Waals surface area contributed by atoms with Gasteiger partial charge < -0.3 is 14.3 Å². The first-order chi connectivity index (χ1) is 13.5. The minimum atomic E-state index is -0.0545. The summed E-state index contributed by atoms with van der Waals surface area (Å²) in [5, 5.41) is 5.30. The Bertz CT molecular complexity index is 1010. The summed E-state index contributed by atoms with van der Waals surface area (Å²) in [7, 11) is 1.84. The summed E-state index contributed by atoms with van der Waals surface area (Å²) in [5.74, 6) is -0.0545. The molecule has 28 heavy (non-hydrogen) atoms. The molecule has 6 nitrogen and oxygen atoms in total. The summed E-state index contributed by atoms with van der Waals surface area (Å²) in [6.07, 6.45) is 2.48. The van der Waals surface area contributed by atoms with Gasteiger partial charge in [-0.2, -0.15) is 0 Å². The third-order valence-electron chi connectivity index (χ3n) is 5.26. The molecule has 1 aromatic carbocycles. The summed E-state index contributed by atoms with van der Waals surface area (Å²) in [4.78, 5) is 22.0. The first kappa shape index (κ1) is 18.9. The van der Waals surface area contributed by atoms with Crippen LogP contribution in [0, 0.1) is 6.92 Å². The highest BCUT2D eigenvalue weighted by Crippen LogP contribution is 2.29. The van der Waals surface area contributed by atoms with E-state index >= 15 is 0 Å². The molecule has 1 aliphatic heterocycles. The third-order valence-corrected chi connectivity index (χ3v) is 5.50. The van der Waals surface area contributed by atoms with Gasteiger partial charge in [-0.25, -0.2) is 4.98 Å². The van der Waals surface area contributed by atoms with Crippen molar-refractivity contribution >= 4 is 28.6 Å². The molecule has 0 spiro atoms. The van der Waals surface area contributed by atoms with Gasteiger partial charge >= 0.3 is 0 Å². The number of fused-ring (bicyclic) bond motifs is 1. The largest absolute Gasteiger partial charge is 0.340 e. The molecule has 1 fully saturated rings. The Morgan fingerprint density at radius 2 is 2.07 bits per heavy atom. The number of rotatable bonds is 5. The quantitative estimate of drug-likeness (QED) is 0.649. The molecule has 1 aliphatic rings. The Kier molecular flexibility index (Phi) is 5.33. The SMILES string of the molecule is Cc1noc2nc(-c3cccc(Cl)c3)cc(C(=O)N(C)CCN3CCCC3)c12. The van der Waals surface area contributed by atoms with E-state index in [1.807, 2.05) is 38.2 Å². The summed E-state index contributed by atoms with van der Waals surface area (Å²) in [6, 6.07) is 9.21. The molecular weight excluding hydrogens is 376 g/mol. The standard InChI is InChI=1S/C21H23ClN4O2/c1-14-19-17(21(27)25(2)10-11-26-8-3-4-9-26)13-18(23-20(19)28-24-14)15-6-5-7-16(22)12-15/h5-7,12-13H,3-4,8-11H2,1-2H3. The Morgan fingerprint density at radius 3 is 2.82 bits per heavy atom. The van der Waals surface area contributed by atoms with Crippen LogP contribution in [0.4, 0.5) is 0 Å². The first-order valence-corrected chi connectivity index (χ1v) is 9.91. The number of aryl methyl sites for hydroxylation is 1. The maximum Gasteiger partial charge on any atom is 0.259 e. The number of carbonyl (C=O) groups is 1. The van der Waals surface area contributed by atoms with Gasteiger partial charge in [0.2, 0.25) is 0 Å². The molecule has 4 rings (SSSR count). The highest BCUT2D eigenvalue weighted by molar-refractivity contribution is 6.30. The molecule has 2 aromatic heterocycles. The molecule has 3 aromatic rings. The number of amides is 1. The zero-order valence-corrected chi connectivity index (χ0v) is 16.9. The second-order valence-electron chi connectivity index (χ2n) is 7.29. The van der Waals surface area contributed by atoms with Crippen LogP contribution in [-0.2, 0) is 0 Å². The predicted molar refractivity (Wildman–Crippen MR) is 110 cm³/mol. The minimum Gasteiger partial charge on any atom is -0.340 e. The van der Waals surface area contributed by atoms with E-state index in [0.717, 1.165) is 25.2 Å². The Balaban J connectivity index is 1.67. The lowest BCUT2D eigenvalue weighted by Gasteiger charge is -2.22. The van der Waals surface area contributed by atoms with Crippen LogP contribution in [0.2, 0.25) is 5.02 Å². The Labute approximate surface area is 169 Å². The minimum absolute atomic E-state index is 0.0545. The molecule has 146 valence electrons. The van der Waals surface area contributed by atoms with Gasteiger partial charge in [0.15, 0.2) is 0 Å². The summed E-state index contributed by atoms with van der Waals surface area (Å²) < 4.78 is 5.38. The van der Waals surface area contributed by atoms with E-state index in [0.29, 0.717) is 39.6 Å². The van der Waals surface area contributed by atoms with Crippen molar-refractivity contribution in [2.75, 3.05) is 33.2 Å². The Morgan fingerprint density at radius 1 is 1.29 bits per heavy atom. The highest BCUT2D eigenvalue weighted by atomic mass is 35.5. The number of hydrogen-bond donors (Lipinski definition) is 0. The number of carbonyl (C=O) groups excluding carboxylic acids is 1. The van der Waals surface area contributed by atoms with Crippen molar-refractivity contribution < 1.29 is 9.32 Å². The van der Waals surface area contributed by atoms with Gasteiger partial charge in [0.1, 0.15) is 0 Å². The number of aromatic nitrogens is 2. The molecule has 0 radical (unpaired) electrons. The lowest BCUT2D eigenvalue weighted by molar-refractivity contribution is 0.0784. The van der Waals surface area contributed by atoms with Gasteiger partial charge in [0.05, 0.1) is 22.3 Å². The molecule has 0 atom stereocenters. The van der Waals surface area contributed by atoms with Crippen molar-refractivity contribution in [3.05, 3.63) is 46.6 Å². The second kappa shape index (κ2) is 7.89. The molecule has 0 N–H and O–H groups in total. The average Bonchev–Trinajstić information content (AvgIpc) is 3.35. The van der Waals surface area contributed by atoms with E-state index in [4.69, 9.17) is 16.1 Å². The van der Waals surface area contributed by atoms with E-state index < -0.39 is 0 Å².